The third-order valence-electron chi connectivity index (χ3n) is 2.42. The molecule has 98 valence electrons. The topological polar surface area (TPSA) is 75.1 Å². The maximum atomic E-state index is 10.7. The minimum Gasteiger partial charge on any atom is -0.476 e. The number of anilines is 2. The molecule has 1 aromatic carbocycles. The van der Waals surface area contributed by atoms with E-state index in [-0.39, 0.29) is 5.69 Å². The summed E-state index contributed by atoms with van der Waals surface area (Å²) in [5, 5.41) is 19.9. The Labute approximate surface area is 119 Å². The summed E-state index contributed by atoms with van der Waals surface area (Å²) in [6.45, 7) is 1.85. The Hall–Kier alpha value is -1.85. The number of carboxylic acids is 1. The van der Waals surface area contributed by atoms with E-state index in [1.807, 2.05) is 6.92 Å². The van der Waals surface area contributed by atoms with Crippen molar-refractivity contribution in [3.05, 3.63) is 45.6 Å². The number of benzene rings is 1. The first-order valence-corrected chi connectivity index (χ1v) is 6.03. The van der Waals surface area contributed by atoms with Gasteiger partial charge in [-0.3, -0.25) is 0 Å². The molecular weight excluding hydrogens is 289 g/mol. The second-order valence-electron chi connectivity index (χ2n) is 3.79. The summed E-state index contributed by atoms with van der Waals surface area (Å²) in [5.41, 5.74) is 1.25. The molecule has 0 aliphatic carbocycles. The van der Waals surface area contributed by atoms with Crippen LogP contribution in [0.2, 0.25) is 10.0 Å². The minimum absolute atomic E-state index is 0.132. The van der Waals surface area contributed by atoms with E-state index in [1.54, 1.807) is 12.1 Å². The van der Waals surface area contributed by atoms with Gasteiger partial charge in [0.2, 0.25) is 0 Å². The normalized spacial score (nSPS) is 10.3. The second kappa shape index (κ2) is 5.42. The van der Waals surface area contributed by atoms with Gasteiger partial charge in [0, 0.05) is 0 Å². The first-order chi connectivity index (χ1) is 8.99. The third kappa shape index (κ3) is 2.94. The number of halogens is 2. The molecule has 1 heterocycles. The minimum atomic E-state index is -1.13. The summed E-state index contributed by atoms with van der Waals surface area (Å²) in [6.07, 6.45) is 0. The SMILES string of the molecule is Cc1ccc(Cl)c(Nc2ccc(C(=O)O)nn2)c1Cl. The van der Waals surface area contributed by atoms with Crippen LogP contribution in [0.1, 0.15) is 16.1 Å². The zero-order valence-corrected chi connectivity index (χ0v) is 11.3. The molecule has 0 saturated carbocycles. The van der Waals surface area contributed by atoms with E-state index in [4.69, 9.17) is 28.3 Å². The number of nitrogens with one attached hydrogen (secondary N) is 1. The Morgan fingerprint density at radius 1 is 1.21 bits per heavy atom. The van der Waals surface area contributed by atoms with Gasteiger partial charge in [-0.15, -0.1) is 10.2 Å². The van der Waals surface area contributed by atoms with Crippen LogP contribution in [0, 0.1) is 6.92 Å². The van der Waals surface area contributed by atoms with Crippen LogP contribution < -0.4 is 5.32 Å². The van der Waals surface area contributed by atoms with E-state index >= 15 is 0 Å². The molecule has 19 heavy (non-hydrogen) atoms. The van der Waals surface area contributed by atoms with E-state index in [1.165, 1.54) is 12.1 Å². The predicted molar refractivity (Wildman–Crippen MR) is 73.5 cm³/mol. The zero-order chi connectivity index (χ0) is 14.0. The van der Waals surface area contributed by atoms with Gasteiger partial charge >= 0.3 is 5.97 Å². The Morgan fingerprint density at radius 2 is 1.95 bits per heavy atom. The number of hydrogen-bond donors (Lipinski definition) is 2. The highest BCUT2D eigenvalue weighted by Gasteiger charge is 2.10. The van der Waals surface area contributed by atoms with Crippen LogP contribution in [-0.2, 0) is 0 Å². The number of carbonyl (C=O) groups is 1. The molecule has 0 unspecified atom stereocenters. The molecule has 0 spiro atoms. The van der Waals surface area contributed by atoms with E-state index in [2.05, 4.69) is 15.5 Å². The molecule has 2 rings (SSSR count). The Bertz CT molecular complexity index is 630. The van der Waals surface area contributed by atoms with Gasteiger partial charge in [0.05, 0.1) is 15.7 Å². The van der Waals surface area contributed by atoms with Crippen molar-refractivity contribution in [3.63, 3.8) is 0 Å². The number of aromatic nitrogens is 2. The number of aryl methyl sites for hydroxylation is 1. The van der Waals surface area contributed by atoms with Gasteiger partial charge in [-0.25, -0.2) is 4.79 Å². The predicted octanol–water partition coefficient (Wildman–Crippen LogP) is 3.53. The van der Waals surface area contributed by atoms with Gasteiger partial charge in [-0.2, -0.15) is 0 Å². The molecule has 1 aromatic heterocycles. The largest absolute Gasteiger partial charge is 0.476 e. The molecule has 0 saturated heterocycles. The van der Waals surface area contributed by atoms with Gasteiger partial charge in [0.1, 0.15) is 0 Å². The Balaban J connectivity index is 2.31. The number of hydrogen-bond acceptors (Lipinski definition) is 4. The van der Waals surface area contributed by atoms with E-state index in [0.717, 1.165) is 5.56 Å². The highest BCUT2D eigenvalue weighted by Crippen LogP contribution is 2.34. The standard InChI is InChI=1S/C12H9Cl2N3O2/c1-6-2-3-7(13)11(10(6)14)15-9-5-4-8(12(18)19)16-17-9/h2-5H,1H3,(H,15,17)(H,18,19). The number of aromatic carboxylic acids is 1. The molecule has 7 heteroatoms. The van der Waals surface area contributed by atoms with Gasteiger partial charge < -0.3 is 10.4 Å². The number of rotatable bonds is 3. The van der Waals surface area contributed by atoms with Crippen molar-refractivity contribution in [1.82, 2.24) is 10.2 Å². The van der Waals surface area contributed by atoms with Crippen LogP contribution in [0.5, 0.6) is 0 Å². The van der Waals surface area contributed by atoms with Gasteiger partial charge in [0.15, 0.2) is 11.5 Å². The average Bonchev–Trinajstić information content (AvgIpc) is 2.40. The fraction of sp³-hybridized carbons (Fsp3) is 0.0833. The molecule has 5 nitrogen and oxygen atoms in total. The molecule has 0 atom stereocenters. The lowest BCUT2D eigenvalue weighted by molar-refractivity contribution is 0.0689. The number of nitrogens with zero attached hydrogens (tertiary/aromatic N) is 2. The Morgan fingerprint density at radius 3 is 2.53 bits per heavy atom. The van der Waals surface area contributed by atoms with E-state index in [0.29, 0.717) is 21.6 Å². The lowest BCUT2D eigenvalue weighted by Crippen LogP contribution is -2.04. The van der Waals surface area contributed by atoms with Crippen molar-refractivity contribution >= 4 is 40.7 Å². The van der Waals surface area contributed by atoms with Crippen LogP contribution in [0.25, 0.3) is 0 Å². The molecule has 0 aliphatic heterocycles. The zero-order valence-electron chi connectivity index (χ0n) is 9.82. The summed E-state index contributed by atoms with van der Waals surface area (Å²) in [4.78, 5) is 10.7. The third-order valence-corrected chi connectivity index (χ3v) is 3.22. The molecule has 0 fully saturated rings. The quantitative estimate of drug-likeness (QED) is 0.906. The second-order valence-corrected chi connectivity index (χ2v) is 4.57. The lowest BCUT2D eigenvalue weighted by Gasteiger charge is -2.11. The van der Waals surface area contributed by atoms with Crippen molar-refractivity contribution < 1.29 is 9.90 Å². The van der Waals surface area contributed by atoms with Crippen molar-refractivity contribution in [2.45, 2.75) is 6.92 Å². The monoisotopic (exact) mass is 297 g/mol. The van der Waals surface area contributed by atoms with Crippen LogP contribution >= 0.6 is 23.2 Å². The van der Waals surface area contributed by atoms with E-state index in [9.17, 15) is 4.79 Å². The average molecular weight is 298 g/mol. The van der Waals surface area contributed by atoms with Gasteiger partial charge in [0.25, 0.3) is 0 Å². The highest BCUT2D eigenvalue weighted by molar-refractivity contribution is 6.39. The van der Waals surface area contributed by atoms with Crippen LogP contribution in [0.15, 0.2) is 24.3 Å². The van der Waals surface area contributed by atoms with Crippen LogP contribution in [0.3, 0.4) is 0 Å². The molecule has 2 N–H and O–H groups in total. The van der Waals surface area contributed by atoms with Gasteiger partial charge in [-0.05, 0) is 30.7 Å². The first kappa shape index (κ1) is 13.6. The van der Waals surface area contributed by atoms with Crippen LogP contribution in [0.4, 0.5) is 11.5 Å². The number of carboxylic acid groups (broad SMARTS) is 1. The summed E-state index contributed by atoms with van der Waals surface area (Å²) in [6, 6.07) is 6.35. The molecule has 0 bridgehead atoms. The molecular formula is C12H9Cl2N3O2. The molecule has 0 amide bonds. The van der Waals surface area contributed by atoms with E-state index < -0.39 is 5.97 Å². The molecule has 2 aromatic rings. The lowest BCUT2D eigenvalue weighted by atomic mass is 10.2. The summed E-state index contributed by atoms with van der Waals surface area (Å²) < 4.78 is 0. The van der Waals surface area contributed by atoms with Crippen molar-refractivity contribution in [1.29, 1.82) is 0 Å². The summed E-state index contributed by atoms with van der Waals surface area (Å²) in [7, 11) is 0. The molecule has 0 aliphatic rings. The van der Waals surface area contributed by atoms with Crippen molar-refractivity contribution in [2.75, 3.05) is 5.32 Å². The van der Waals surface area contributed by atoms with Crippen molar-refractivity contribution in [3.8, 4) is 0 Å². The Kier molecular flexibility index (Phi) is 3.87. The fourth-order valence-corrected chi connectivity index (χ4v) is 1.88. The van der Waals surface area contributed by atoms with Gasteiger partial charge in [-0.1, -0.05) is 29.3 Å². The highest BCUT2D eigenvalue weighted by atomic mass is 35.5. The van der Waals surface area contributed by atoms with Crippen molar-refractivity contribution in [2.24, 2.45) is 0 Å². The first-order valence-electron chi connectivity index (χ1n) is 5.27. The maximum absolute atomic E-state index is 10.7. The van der Waals surface area contributed by atoms with Crippen LogP contribution in [-0.4, -0.2) is 21.3 Å². The fourth-order valence-electron chi connectivity index (χ4n) is 1.41. The summed E-state index contributed by atoms with van der Waals surface area (Å²) >= 11 is 12.2. The molecule has 0 radical (unpaired) electrons. The summed E-state index contributed by atoms with van der Waals surface area (Å²) in [5.74, 6) is -0.773. The maximum Gasteiger partial charge on any atom is 0.356 e. The smallest absolute Gasteiger partial charge is 0.356 e.